The molecule has 0 radical (unpaired) electrons. The highest BCUT2D eigenvalue weighted by Gasteiger charge is 2.75. The van der Waals surface area contributed by atoms with Gasteiger partial charge in [0.2, 0.25) is 0 Å². The average molecular weight is 1340 g/mol. The van der Waals surface area contributed by atoms with Crippen molar-refractivity contribution >= 4 is 0 Å². The van der Waals surface area contributed by atoms with Crippen molar-refractivity contribution in [1.29, 1.82) is 0 Å². The fourth-order valence-electron chi connectivity index (χ4n) is 16.2. The summed E-state index contributed by atoms with van der Waals surface area (Å²) in [5.74, 6) is -2.08. The van der Waals surface area contributed by atoms with E-state index in [4.69, 9.17) is 52.1 Å². The third-order valence-electron chi connectivity index (χ3n) is 20.9. The molecule has 4 aromatic rings. The number of halogens is 3. The largest absolute Gasteiger partial charge is 0.461 e. The van der Waals surface area contributed by atoms with Gasteiger partial charge in [0, 0.05) is 87.6 Å². The van der Waals surface area contributed by atoms with Gasteiger partial charge >= 0.3 is 23.1 Å². The zero-order valence-corrected chi connectivity index (χ0v) is 52.9. The lowest BCUT2D eigenvalue weighted by Gasteiger charge is -2.34. The van der Waals surface area contributed by atoms with Crippen LogP contribution in [-0.2, 0) is 47.4 Å². The van der Waals surface area contributed by atoms with Gasteiger partial charge in [-0.15, -0.1) is 0 Å². The van der Waals surface area contributed by atoms with Crippen LogP contribution < -0.4 is 44.0 Å². The summed E-state index contributed by atoms with van der Waals surface area (Å²) < 4.78 is 113. The normalized spacial score (nSPS) is 38.4. The van der Waals surface area contributed by atoms with Crippen LogP contribution in [0, 0.1) is 0 Å². The minimum absolute atomic E-state index is 0.0733. The van der Waals surface area contributed by atoms with Gasteiger partial charge in [-0.25, -0.2) is 27.6 Å². The number of aliphatic hydroxyl groups excluding tert-OH is 3. The highest BCUT2D eigenvalue weighted by atomic mass is 19.1. The number of ether oxygens (including phenoxy) is 11. The Kier molecular flexibility index (Phi) is 17.5. The number of aromatic amines is 3. The molecule has 3 spiro atoms. The van der Waals surface area contributed by atoms with Crippen LogP contribution in [-0.4, -0.2) is 185 Å². The first-order valence-electron chi connectivity index (χ1n) is 31.9. The number of rotatable bonds is 10. The van der Waals surface area contributed by atoms with Crippen LogP contribution in [0.2, 0.25) is 0 Å². The maximum absolute atomic E-state index is 14.1. The lowest BCUT2D eigenvalue weighted by molar-refractivity contribution is -0.253. The lowest BCUT2D eigenvalue weighted by atomic mass is 9.84. The number of alkyl halides is 3. The van der Waals surface area contributed by atoms with Gasteiger partial charge in [0.05, 0.1) is 18.8 Å². The summed E-state index contributed by atoms with van der Waals surface area (Å²) in [7, 11) is 0. The van der Waals surface area contributed by atoms with Crippen LogP contribution in [0.4, 0.5) is 13.2 Å². The smallest absolute Gasteiger partial charge is 0.330 e. The predicted molar refractivity (Wildman–Crippen MR) is 315 cm³/mol. The van der Waals surface area contributed by atoms with E-state index in [0.29, 0.717) is 12.8 Å². The molecule has 2 bridgehead atoms. The maximum atomic E-state index is 14.1. The first kappa shape index (κ1) is 67.9. The minimum Gasteiger partial charge on any atom is -0.461 e. The second kappa shape index (κ2) is 24.2. The Morgan fingerprint density at radius 1 is 0.500 bits per heavy atom. The summed E-state index contributed by atoms with van der Waals surface area (Å²) in [6.07, 6.45) is 10.4. The van der Waals surface area contributed by atoms with Crippen molar-refractivity contribution in [2.75, 3.05) is 39.8 Å². The number of H-pyrrole nitrogens is 3. The molecule has 0 amide bonds. The van der Waals surface area contributed by atoms with Gasteiger partial charge in [-0.05, 0) is 79.1 Å². The van der Waals surface area contributed by atoms with Crippen molar-refractivity contribution in [3.05, 3.63) is 122 Å². The molecule has 15 atom stereocenters. The van der Waals surface area contributed by atoms with Crippen LogP contribution in [0.3, 0.4) is 0 Å². The van der Waals surface area contributed by atoms with E-state index in [2.05, 4.69) is 28.8 Å². The predicted octanol–water partition coefficient (Wildman–Crippen LogP) is 1.47. The van der Waals surface area contributed by atoms with Gasteiger partial charge < -0.3 is 72.5 Å². The van der Waals surface area contributed by atoms with Gasteiger partial charge in [-0.3, -0.25) is 52.4 Å². The van der Waals surface area contributed by atoms with Gasteiger partial charge in [0.25, 0.3) is 22.2 Å². The van der Waals surface area contributed by atoms with Gasteiger partial charge in [-0.2, -0.15) is 4.98 Å². The van der Waals surface area contributed by atoms with Crippen LogP contribution >= 0.6 is 0 Å². The first-order valence-corrected chi connectivity index (χ1v) is 31.9. The van der Waals surface area contributed by atoms with Crippen molar-refractivity contribution < 1.29 is 85.7 Å². The molecule has 11 aliphatic rings. The van der Waals surface area contributed by atoms with Crippen LogP contribution in [0.15, 0.2) is 82.6 Å². The van der Waals surface area contributed by atoms with Crippen molar-refractivity contribution in [3.63, 3.8) is 0 Å². The third-order valence-corrected chi connectivity index (χ3v) is 20.9. The van der Waals surface area contributed by atoms with Crippen molar-refractivity contribution in [2.45, 2.75) is 243 Å². The van der Waals surface area contributed by atoms with E-state index in [0.717, 1.165) is 105 Å². The van der Waals surface area contributed by atoms with E-state index in [-0.39, 0.29) is 18.7 Å². The minimum atomic E-state index is -2.03. The van der Waals surface area contributed by atoms with E-state index in [1.807, 2.05) is 18.8 Å². The average Bonchev–Trinajstić information content (AvgIpc) is 1.55. The molecule has 3 aliphatic carbocycles. The molecule has 7 N–H and O–H groups in total. The van der Waals surface area contributed by atoms with Crippen molar-refractivity contribution in [3.8, 4) is 6.01 Å². The van der Waals surface area contributed by atoms with E-state index < -0.39 is 178 Å². The molecule has 12 heterocycles. The number of aromatic nitrogens is 8. The Hall–Kier alpha value is -6.05. The number of hydrogen-bond donors (Lipinski definition) is 7. The van der Waals surface area contributed by atoms with E-state index in [1.54, 1.807) is 17.7 Å². The maximum Gasteiger partial charge on any atom is 0.330 e. The Balaban J connectivity index is 0.000000121. The summed E-state index contributed by atoms with van der Waals surface area (Å²) in [6.45, 7) is 6.28. The molecule has 10 fully saturated rings. The number of nitrogens with one attached hydrogen (secondary N) is 3. The van der Waals surface area contributed by atoms with E-state index in [9.17, 15) is 67.2 Å². The van der Waals surface area contributed by atoms with Crippen molar-refractivity contribution in [2.24, 2.45) is 0 Å². The van der Waals surface area contributed by atoms with Gasteiger partial charge in [0.15, 0.2) is 59.1 Å². The summed E-state index contributed by atoms with van der Waals surface area (Å²) in [6, 6.07) is 4.98. The Morgan fingerprint density at radius 3 is 1.27 bits per heavy atom. The first-order chi connectivity index (χ1) is 44.5. The molecule has 3 saturated carbocycles. The summed E-state index contributed by atoms with van der Waals surface area (Å²) >= 11 is 0. The third kappa shape index (κ3) is 10.7. The second-order valence-corrected chi connectivity index (χ2v) is 27.2. The summed E-state index contributed by atoms with van der Waals surface area (Å²) in [5.41, 5.74) is -14.4. The number of fused-ring (bicyclic) bond motifs is 9. The fraction of sp³-hybridized carbons (Fsp3) is 0.738. The molecule has 94 heavy (non-hydrogen) atoms. The fourth-order valence-corrected chi connectivity index (χ4v) is 16.2. The molecule has 518 valence electrons. The Labute approximate surface area is 533 Å². The molecule has 33 heteroatoms. The molecular weight excluding hydrogens is 1250 g/mol. The molecular formula is C61H81F3N8O22. The molecule has 0 unspecified atom stereocenters. The molecule has 30 nitrogen and oxygen atoms in total. The molecule has 7 saturated heterocycles. The second-order valence-electron chi connectivity index (χ2n) is 27.2. The van der Waals surface area contributed by atoms with Crippen LogP contribution in [0.25, 0.3) is 0 Å². The zero-order valence-electron chi connectivity index (χ0n) is 52.9. The van der Waals surface area contributed by atoms with Crippen LogP contribution in [0.1, 0.15) is 156 Å². The SMILES string of the molecule is CCC1(CC)O[C@@H](n2ccc(=O)[nH]c2=O)[C@]2(C)OC3(CCCC3)O[C@H]12.C[C@@]1(O)[C@H](O)[C@](CO)(CF)O[C@H]1n1ccc(=O)[nH]c1=O.C[C@@]12OC3(CCCC3)O[C@@H]1[C@@]1(CF)COc3nc(=O)ccn3[C@@H]2O1.C[C@@]12OC3(CCCC3)O[C@@H]1[C@](CO)(CF)O[C@H]2n1ccc(=O)[nH]c1=O. The zero-order chi connectivity index (χ0) is 67.5. The number of hydrogen-bond acceptors (Lipinski definition) is 23. The van der Waals surface area contributed by atoms with Crippen LogP contribution in [0.5, 0.6) is 6.01 Å². The van der Waals surface area contributed by atoms with E-state index in [1.165, 1.54) is 35.2 Å². The van der Waals surface area contributed by atoms with Crippen molar-refractivity contribution in [1.82, 2.24) is 38.2 Å². The lowest BCUT2D eigenvalue weighted by Crippen LogP contribution is -2.53. The molecule has 8 aliphatic heterocycles. The highest BCUT2D eigenvalue weighted by molar-refractivity contribution is 5.21. The topological polar surface area (TPSA) is 382 Å². The van der Waals surface area contributed by atoms with Gasteiger partial charge in [0.1, 0.15) is 73.5 Å². The Bertz CT molecular complexity index is 3770. The standard InChI is InChI=1S/C18H26N2O5.C16H21FN2O6.C16H19FN2O5.C11H15FN2O6/c1-4-17(5-2)13-16(3,25-18(23-13)9-6-7-10-18)14(24-17)20-11-8-12(21)19-15(20)22;1-14-11(23-16(25-14)5-2-3-6-16)15(8-17,9-20)24-12(14)19-7-4-10(21)18-13(19)22;1-14-11(22-16(24-14)5-2-3-6-16)15(8-17)9-21-13-18-10(20)4-7-19(13)12(14)23-15;1-10(19)7(17)11(4-12,5-15)20-8(10)14-3-2-6(16)13-9(14)18/h8,11,13-14H,4-7,9-10H2,1-3H3,(H,19,21,22);4,7,11-12,20H,2-3,5-6,8-9H2,1H3,(H,18,21,22);4,7,11-12H,2-3,5-6,8-9H2,1H3;2-3,7-8,15,17,19H,4-5H2,1H3,(H,13,16,18)/t13-,14+,16+;2*11-,12+,14+,15+;7-,8+,10+,11+/m0000/s1. The number of aliphatic hydroxyl groups is 4. The molecule has 4 aromatic heterocycles. The quantitative estimate of drug-likeness (QED) is 0.118. The molecule has 0 aromatic carbocycles. The van der Waals surface area contributed by atoms with Gasteiger partial charge in [-0.1, -0.05) is 13.8 Å². The number of nitrogens with zero attached hydrogens (tertiary/aromatic N) is 5. The summed E-state index contributed by atoms with van der Waals surface area (Å²) in [4.78, 5) is 91.9. The molecule has 15 rings (SSSR count). The summed E-state index contributed by atoms with van der Waals surface area (Å²) in [5, 5.41) is 39.3. The monoisotopic (exact) mass is 1330 g/mol. The Morgan fingerprint density at radius 2 is 0.872 bits per heavy atom. The van der Waals surface area contributed by atoms with E-state index >= 15 is 0 Å². The highest BCUT2D eigenvalue weighted by Crippen LogP contribution is 2.62.